The van der Waals surface area contributed by atoms with Gasteiger partial charge in [-0.05, 0) is 39.0 Å². The molecule has 0 amide bonds. The number of hydrogen-bond donors (Lipinski definition) is 0. The average Bonchev–Trinajstić information content (AvgIpc) is 2.66. The highest BCUT2D eigenvalue weighted by atomic mass is 28.4. The largest absolute Gasteiger partial charge is 0.419 e. The fourth-order valence-corrected chi connectivity index (χ4v) is 5.44. The molecule has 4 nitrogen and oxygen atoms in total. The lowest BCUT2D eigenvalue weighted by atomic mass is 10.1. The normalized spacial score (nSPS) is 17.1. The standard InChI is InChI=1S/C22H49N3OSi/c1-6-8-10-12-14-23(15-13-11-9-7-2)16-17-24-18-20-25(21-19-24)22-27(4,5)26-3/h6-22H2,1-5H3. The summed E-state index contributed by atoms with van der Waals surface area (Å²) in [4.78, 5) is 8.06. The number of rotatable bonds is 16. The molecule has 0 N–H and O–H groups in total. The van der Waals surface area contributed by atoms with Crippen LogP contribution in [0.4, 0.5) is 0 Å². The van der Waals surface area contributed by atoms with Crippen molar-refractivity contribution in [2.75, 3.05) is 65.6 Å². The van der Waals surface area contributed by atoms with Crippen LogP contribution in [-0.2, 0) is 4.43 Å². The Morgan fingerprint density at radius 3 is 1.74 bits per heavy atom. The Bertz CT molecular complexity index is 334. The molecule has 5 heteroatoms. The van der Waals surface area contributed by atoms with Gasteiger partial charge in [-0.3, -0.25) is 4.90 Å². The van der Waals surface area contributed by atoms with E-state index in [-0.39, 0.29) is 0 Å². The number of nitrogens with zero attached hydrogens (tertiary/aromatic N) is 3. The lowest BCUT2D eigenvalue weighted by Crippen LogP contribution is -2.53. The summed E-state index contributed by atoms with van der Waals surface area (Å²) < 4.78 is 5.73. The van der Waals surface area contributed by atoms with Crippen LogP contribution in [0.3, 0.4) is 0 Å². The summed E-state index contributed by atoms with van der Waals surface area (Å²) >= 11 is 0. The minimum absolute atomic E-state index is 1.18. The number of hydrogen-bond acceptors (Lipinski definition) is 4. The topological polar surface area (TPSA) is 19.0 Å². The van der Waals surface area contributed by atoms with E-state index in [0.717, 1.165) is 0 Å². The van der Waals surface area contributed by atoms with Gasteiger partial charge in [0, 0.05) is 52.5 Å². The van der Waals surface area contributed by atoms with Crippen LogP contribution >= 0.6 is 0 Å². The maximum absolute atomic E-state index is 5.73. The second-order valence-electron chi connectivity index (χ2n) is 9.04. The number of unbranched alkanes of at least 4 members (excludes halogenated alkanes) is 6. The molecule has 1 heterocycles. The van der Waals surface area contributed by atoms with Gasteiger partial charge in [0.1, 0.15) is 0 Å². The molecule has 0 spiro atoms. The predicted octanol–water partition coefficient (Wildman–Crippen LogP) is 4.46. The van der Waals surface area contributed by atoms with Gasteiger partial charge in [0.15, 0.2) is 8.32 Å². The highest BCUT2D eigenvalue weighted by Crippen LogP contribution is 2.10. The van der Waals surface area contributed by atoms with Gasteiger partial charge >= 0.3 is 0 Å². The van der Waals surface area contributed by atoms with E-state index in [1.807, 2.05) is 7.11 Å². The molecule has 1 aliphatic rings. The third-order valence-corrected chi connectivity index (χ3v) is 8.32. The van der Waals surface area contributed by atoms with Crippen molar-refractivity contribution in [2.24, 2.45) is 0 Å². The van der Waals surface area contributed by atoms with E-state index < -0.39 is 8.32 Å². The smallest absolute Gasteiger partial charge is 0.199 e. The Morgan fingerprint density at radius 1 is 0.741 bits per heavy atom. The van der Waals surface area contributed by atoms with Crippen LogP contribution in [-0.4, -0.2) is 88.7 Å². The molecular weight excluding hydrogens is 350 g/mol. The molecule has 0 unspecified atom stereocenters. The van der Waals surface area contributed by atoms with Crippen molar-refractivity contribution in [3.8, 4) is 0 Å². The van der Waals surface area contributed by atoms with Crippen LogP contribution in [0.15, 0.2) is 0 Å². The molecule has 0 aliphatic carbocycles. The first-order valence-corrected chi connectivity index (χ1v) is 14.8. The van der Waals surface area contributed by atoms with Crippen molar-refractivity contribution in [3.63, 3.8) is 0 Å². The first-order valence-electron chi connectivity index (χ1n) is 11.7. The van der Waals surface area contributed by atoms with E-state index in [1.54, 1.807) is 0 Å². The average molecular weight is 400 g/mol. The van der Waals surface area contributed by atoms with Crippen molar-refractivity contribution in [2.45, 2.75) is 78.3 Å². The molecule has 0 aromatic rings. The van der Waals surface area contributed by atoms with E-state index >= 15 is 0 Å². The molecule has 0 aromatic heterocycles. The minimum Gasteiger partial charge on any atom is -0.419 e. The minimum atomic E-state index is -1.47. The van der Waals surface area contributed by atoms with Gasteiger partial charge in [-0.1, -0.05) is 52.4 Å². The van der Waals surface area contributed by atoms with Gasteiger partial charge in [-0.2, -0.15) is 0 Å². The third-order valence-electron chi connectivity index (χ3n) is 6.01. The fourth-order valence-electron chi connectivity index (χ4n) is 3.92. The number of piperazine rings is 1. The van der Waals surface area contributed by atoms with Crippen LogP contribution in [0.25, 0.3) is 0 Å². The SMILES string of the molecule is CCCCCCN(CCCCCC)CCN1CCN(C[Si](C)(C)OC)CC1. The van der Waals surface area contributed by atoms with Crippen LogP contribution < -0.4 is 0 Å². The summed E-state index contributed by atoms with van der Waals surface area (Å²) in [6, 6.07) is 0. The molecule has 27 heavy (non-hydrogen) atoms. The van der Waals surface area contributed by atoms with E-state index in [1.165, 1.54) is 110 Å². The van der Waals surface area contributed by atoms with E-state index in [4.69, 9.17) is 4.43 Å². The summed E-state index contributed by atoms with van der Waals surface area (Å²) in [7, 11) is 0.419. The van der Waals surface area contributed by atoms with Crippen LogP contribution in [0.5, 0.6) is 0 Å². The molecular formula is C22H49N3OSi. The summed E-state index contributed by atoms with van der Waals surface area (Å²) in [5, 5.41) is 0. The Morgan fingerprint density at radius 2 is 1.26 bits per heavy atom. The van der Waals surface area contributed by atoms with E-state index in [2.05, 4.69) is 41.6 Å². The van der Waals surface area contributed by atoms with Crippen LogP contribution in [0.1, 0.15) is 65.2 Å². The zero-order valence-electron chi connectivity index (χ0n) is 19.3. The second kappa shape index (κ2) is 15.0. The maximum Gasteiger partial charge on any atom is 0.199 e. The molecule has 1 aliphatic heterocycles. The molecule has 1 rings (SSSR count). The van der Waals surface area contributed by atoms with Crippen LogP contribution in [0.2, 0.25) is 13.1 Å². The third kappa shape index (κ3) is 12.3. The Balaban J connectivity index is 2.28. The molecule has 1 fully saturated rings. The van der Waals surface area contributed by atoms with Crippen molar-refractivity contribution < 1.29 is 4.43 Å². The van der Waals surface area contributed by atoms with Crippen LogP contribution in [0, 0.1) is 0 Å². The zero-order chi connectivity index (χ0) is 20.0. The van der Waals surface area contributed by atoms with Crippen molar-refractivity contribution in [1.82, 2.24) is 14.7 Å². The van der Waals surface area contributed by atoms with Gasteiger partial charge in [0.25, 0.3) is 0 Å². The van der Waals surface area contributed by atoms with Gasteiger partial charge in [0.2, 0.25) is 0 Å². The Hall–Kier alpha value is 0.0569. The molecule has 0 saturated carbocycles. The summed E-state index contributed by atoms with van der Waals surface area (Å²) in [6.45, 7) is 19.3. The van der Waals surface area contributed by atoms with Gasteiger partial charge in [-0.25, -0.2) is 0 Å². The van der Waals surface area contributed by atoms with Gasteiger partial charge < -0.3 is 14.2 Å². The Labute approximate surface area is 171 Å². The first kappa shape index (κ1) is 25.1. The molecule has 0 bridgehead atoms. The quantitative estimate of drug-likeness (QED) is 0.282. The molecule has 0 atom stereocenters. The molecule has 1 saturated heterocycles. The van der Waals surface area contributed by atoms with Gasteiger partial charge in [0.05, 0.1) is 0 Å². The molecule has 0 radical (unpaired) electrons. The fraction of sp³-hybridized carbons (Fsp3) is 1.00. The van der Waals surface area contributed by atoms with Crippen molar-refractivity contribution in [1.29, 1.82) is 0 Å². The predicted molar refractivity (Wildman–Crippen MR) is 122 cm³/mol. The van der Waals surface area contributed by atoms with E-state index in [9.17, 15) is 0 Å². The zero-order valence-corrected chi connectivity index (χ0v) is 20.3. The summed E-state index contributed by atoms with van der Waals surface area (Å²) in [6.07, 6.45) is 12.2. The molecule has 0 aromatic carbocycles. The highest BCUT2D eigenvalue weighted by Gasteiger charge is 2.26. The molecule has 162 valence electrons. The maximum atomic E-state index is 5.73. The summed E-state index contributed by atoms with van der Waals surface area (Å²) in [5.74, 6) is 0. The lowest BCUT2D eigenvalue weighted by Gasteiger charge is -2.38. The first-order chi connectivity index (χ1) is 13.0. The lowest BCUT2D eigenvalue weighted by molar-refractivity contribution is 0.125. The highest BCUT2D eigenvalue weighted by molar-refractivity contribution is 6.71. The second-order valence-corrected chi connectivity index (χ2v) is 13.3. The van der Waals surface area contributed by atoms with Crippen molar-refractivity contribution in [3.05, 3.63) is 0 Å². The van der Waals surface area contributed by atoms with Gasteiger partial charge in [-0.15, -0.1) is 0 Å². The Kier molecular flexibility index (Phi) is 13.9. The van der Waals surface area contributed by atoms with E-state index in [0.29, 0.717) is 0 Å². The van der Waals surface area contributed by atoms with Crippen molar-refractivity contribution >= 4 is 8.32 Å². The monoisotopic (exact) mass is 399 g/mol. The summed E-state index contributed by atoms with van der Waals surface area (Å²) in [5.41, 5.74) is 0.